The monoisotopic (exact) mass is 323 g/mol. The van der Waals surface area contributed by atoms with Crippen molar-refractivity contribution in [2.75, 3.05) is 13.2 Å². The van der Waals surface area contributed by atoms with Crippen LogP contribution in [0.2, 0.25) is 5.02 Å². The van der Waals surface area contributed by atoms with Crippen LogP contribution in [0.4, 0.5) is 0 Å². The minimum absolute atomic E-state index is 0.194. The third-order valence-corrected chi connectivity index (χ3v) is 4.40. The zero-order valence-electron chi connectivity index (χ0n) is 12.9. The fourth-order valence-corrected chi connectivity index (χ4v) is 3.29. The van der Waals surface area contributed by atoms with E-state index in [0.29, 0.717) is 31.0 Å². The molecule has 0 radical (unpaired) electrons. The van der Waals surface area contributed by atoms with Crippen LogP contribution in [-0.2, 0) is 19.9 Å². The van der Waals surface area contributed by atoms with Crippen LogP contribution in [0, 0.1) is 0 Å². The fourth-order valence-electron chi connectivity index (χ4n) is 2.99. The molecule has 22 heavy (non-hydrogen) atoms. The molecule has 4 nitrogen and oxygen atoms in total. The topological polar surface area (TPSA) is 55.4 Å². The van der Waals surface area contributed by atoms with E-state index in [9.17, 15) is 9.59 Å². The van der Waals surface area contributed by atoms with Crippen LogP contribution in [0.5, 0.6) is 0 Å². The highest BCUT2D eigenvalue weighted by Crippen LogP contribution is 2.37. The van der Waals surface area contributed by atoms with Gasteiger partial charge in [-0.25, -0.2) is 0 Å². The van der Waals surface area contributed by atoms with E-state index in [1.165, 1.54) is 6.92 Å². The van der Waals surface area contributed by atoms with E-state index < -0.39 is 5.54 Å². The van der Waals surface area contributed by atoms with E-state index >= 15 is 0 Å². The molecule has 1 N–H and O–H groups in total. The maximum atomic E-state index is 12.6. The first-order valence-electron chi connectivity index (χ1n) is 7.73. The molecule has 1 fully saturated rings. The van der Waals surface area contributed by atoms with Crippen molar-refractivity contribution in [3.05, 3.63) is 34.9 Å². The summed E-state index contributed by atoms with van der Waals surface area (Å²) in [6, 6.07) is 7.52. The van der Waals surface area contributed by atoms with Gasteiger partial charge in [-0.15, -0.1) is 0 Å². The smallest absolute Gasteiger partial charge is 0.302 e. The first kappa shape index (κ1) is 17.0. The number of carbonyl (C=O) groups excluding carboxylic acids is 2. The zero-order chi connectivity index (χ0) is 16.0. The van der Waals surface area contributed by atoms with Gasteiger partial charge in [-0.2, -0.15) is 0 Å². The normalized spacial score (nSPS) is 21.6. The maximum absolute atomic E-state index is 12.6. The van der Waals surface area contributed by atoms with Crippen molar-refractivity contribution in [3.63, 3.8) is 0 Å². The van der Waals surface area contributed by atoms with Gasteiger partial charge in [-0.1, -0.05) is 36.2 Å². The average molecular weight is 324 g/mol. The van der Waals surface area contributed by atoms with Gasteiger partial charge >= 0.3 is 5.97 Å². The van der Waals surface area contributed by atoms with Gasteiger partial charge in [0.1, 0.15) is 5.54 Å². The van der Waals surface area contributed by atoms with Gasteiger partial charge in [0.15, 0.2) is 5.78 Å². The molecule has 0 bridgehead atoms. The number of hydrogen-bond donors (Lipinski definition) is 1. The van der Waals surface area contributed by atoms with Crippen molar-refractivity contribution in [1.82, 2.24) is 5.32 Å². The number of ether oxygens (including phenoxy) is 1. The third-order valence-electron chi connectivity index (χ3n) is 4.07. The van der Waals surface area contributed by atoms with E-state index in [0.717, 1.165) is 24.8 Å². The van der Waals surface area contributed by atoms with Gasteiger partial charge in [0.25, 0.3) is 0 Å². The molecule has 120 valence electrons. The van der Waals surface area contributed by atoms with E-state index in [1.807, 2.05) is 24.3 Å². The number of ketones is 1. The van der Waals surface area contributed by atoms with Crippen LogP contribution in [0.25, 0.3) is 0 Å². The minimum atomic E-state index is -0.702. The molecular weight excluding hydrogens is 302 g/mol. The number of carbonyl (C=O) groups is 2. The highest BCUT2D eigenvalue weighted by Gasteiger charge is 2.41. The Bertz CT molecular complexity index is 546. The summed E-state index contributed by atoms with van der Waals surface area (Å²) >= 11 is 6.33. The van der Waals surface area contributed by atoms with E-state index in [2.05, 4.69) is 5.32 Å². The molecule has 0 spiro atoms. The molecule has 1 atom stereocenters. The molecule has 1 aliphatic carbocycles. The van der Waals surface area contributed by atoms with Crippen molar-refractivity contribution >= 4 is 23.4 Å². The lowest BCUT2D eigenvalue weighted by Gasteiger charge is -2.38. The predicted octanol–water partition coefficient (Wildman–Crippen LogP) is 3.22. The highest BCUT2D eigenvalue weighted by molar-refractivity contribution is 6.31. The van der Waals surface area contributed by atoms with Crippen LogP contribution in [0.3, 0.4) is 0 Å². The number of nitrogens with one attached hydrogen (secondary N) is 1. The molecule has 2 rings (SSSR count). The summed E-state index contributed by atoms with van der Waals surface area (Å²) in [5.74, 6) is -0.0890. The van der Waals surface area contributed by atoms with Crippen LogP contribution < -0.4 is 5.32 Å². The summed E-state index contributed by atoms with van der Waals surface area (Å²) in [7, 11) is 0. The van der Waals surface area contributed by atoms with Gasteiger partial charge in [0.2, 0.25) is 0 Å². The van der Waals surface area contributed by atoms with Gasteiger partial charge in [-0.3, -0.25) is 9.59 Å². The summed E-state index contributed by atoms with van der Waals surface area (Å²) in [4.78, 5) is 23.4. The van der Waals surface area contributed by atoms with Gasteiger partial charge in [0, 0.05) is 18.4 Å². The average Bonchev–Trinajstić information content (AvgIpc) is 2.49. The Balaban J connectivity index is 2.11. The fraction of sp³-hybridized carbons (Fsp3) is 0.529. The zero-order valence-corrected chi connectivity index (χ0v) is 13.6. The van der Waals surface area contributed by atoms with E-state index in [1.54, 1.807) is 0 Å². The van der Waals surface area contributed by atoms with E-state index in [-0.39, 0.29) is 11.8 Å². The summed E-state index contributed by atoms with van der Waals surface area (Å²) in [6.07, 6.45) is 3.92. The highest BCUT2D eigenvalue weighted by atomic mass is 35.5. The van der Waals surface area contributed by atoms with Crippen LogP contribution in [0.1, 0.15) is 44.6 Å². The molecule has 1 aliphatic rings. The number of rotatable bonds is 6. The van der Waals surface area contributed by atoms with Crippen molar-refractivity contribution < 1.29 is 14.3 Å². The minimum Gasteiger partial charge on any atom is -0.466 e. The predicted molar refractivity (Wildman–Crippen MR) is 85.9 cm³/mol. The Kier molecular flexibility index (Phi) is 5.98. The van der Waals surface area contributed by atoms with Crippen molar-refractivity contribution in [3.8, 4) is 0 Å². The molecule has 1 aromatic carbocycles. The second kappa shape index (κ2) is 7.75. The van der Waals surface area contributed by atoms with E-state index in [4.69, 9.17) is 16.3 Å². The molecule has 1 saturated carbocycles. The van der Waals surface area contributed by atoms with Crippen molar-refractivity contribution in [2.45, 2.75) is 44.6 Å². The standard InChI is InChI=1S/C17H22ClNO3/c1-13(20)22-12-6-11-19-17(10-5-4-9-16(17)21)14-7-2-3-8-15(14)18/h2-3,7-8,19H,4-6,9-12H2,1H3/t17-/m0/s1. The molecular formula is C17H22ClNO3. The molecule has 0 unspecified atom stereocenters. The lowest BCUT2D eigenvalue weighted by Crippen LogP contribution is -2.51. The first-order valence-corrected chi connectivity index (χ1v) is 8.11. The summed E-state index contributed by atoms with van der Waals surface area (Å²) < 4.78 is 4.93. The second-order valence-corrected chi connectivity index (χ2v) is 6.04. The number of hydrogen-bond acceptors (Lipinski definition) is 4. The lowest BCUT2D eigenvalue weighted by atomic mass is 9.75. The lowest BCUT2D eigenvalue weighted by molar-refractivity contribution is -0.141. The Morgan fingerprint density at radius 1 is 1.36 bits per heavy atom. The molecule has 0 amide bonds. The SMILES string of the molecule is CC(=O)OCCCN[C@]1(c2ccccc2Cl)CCCCC1=O. The Hall–Kier alpha value is -1.39. The first-order chi connectivity index (χ1) is 10.6. The van der Waals surface area contributed by atoms with Crippen LogP contribution in [0.15, 0.2) is 24.3 Å². The molecule has 1 aromatic rings. The molecule has 0 aliphatic heterocycles. The summed E-state index contributed by atoms with van der Waals surface area (Å²) in [5.41, 5.74) is 0.154. The number of Topliss-reactive ketones (excluding diaryl/α,β-unsaturated/α-hetero) is 1. The summed E-state index contributed by atoms with van der Waals surface area (Å²) in [6.45, 7) is 2.35. The van der Waals surface area contributed by atoms with Crippen molar-refractivity contribution in [2.24, 2.45) is 0 Å². The number of esters is 1. The second-order valence-electron chi connectivity index (χ2n) is 5.64. The maximum Gasteiger partial charge on any atom is 0.302 e. The summed E-state index contributed by atoms with van der Waals surface area (Å²) in [5, 5.41) is 4.01. The molecule has 0 saturated heterocycles. The van der Waals surface area contributed by atoms with Gasteiger partial charge < -0.3 is 10.1 Å². The van der Waals surface area contributed by atoms with Crippen molar-refractivity contribution in [1.29, 1.82) is 0 Å². The third kappa shape index (κ3) is 3.87. The molecule has 5 heteroatoms. The van der Waals surface area contributed by atoms with Gasteiger partial charge in [-0.05, 0) is 37.4 Å². The molecule has 0 aromatic heterocycles. The Morgan fingerprint density at radius 2 is 2.14 bits per heavy atom. The Labute approximate surface area is 136 Å². The quantitative estimate of drug-likeness (QED) is 0.645. The van der Waals surface area contributed by atoms with Gasteiger partial charge in [0.05, 0.1) is 6.61 Å². The number of halogens is 1. The van der Waals surface area contributed by atoms with Crippen LogP contribution >= 0.6 is 11.6 Å². The number of benzene rings is 1. The Morgan fingerprint density at radius 3 is 2.82 bits per heavy atom. The van der Waals surface area contributed by atoms with Crippen LogP contribution in [-0.4, -0.2) is 24.9 Å². The largest absolute Gasteiger partial charge is 0.466 e. The molecule has 0 heterocycles.